The van der Waals surface area contributed by atoms with Gasteiger partial charge in [-0.3, -0.25) is 4.90 Å². The molecule has 0 atom stereocenters. The largest absolute Gasteiger partial charge is 0.478 e. The van der Waals surface area contributed by atoms with Crippen molar-refractivity contribution in [2.24, 2.45) is 0 Å². The van der Waals surface area contributed by atoms with Gasteiger partial charge in [-0.2, -0.15) is 0 Å². The van der Waals surface area contributed by atoms with Gasteiger partial charge in [0.1, 0.15) is 23.9 Å². The van der Waals surface area contributed by atoms with Gasteiger partial charge in [0, 0.05) is 18.0 Å². The second kappa shape index (κ2) is 8.09. The lowest BCUT2D eigenvalue weighted by Gasteiger charge is -2.22. The topological polar surface area (TPSA) is 92.6 Å². The van der Waals surface area contributed by atoms with Crippen LogP contribution in [0.15, 0.2) is 60.4 Å². The molecule has 0 spiro atoms. The normalized spacial score (nSPS) is 14.7. The smallest absolute Gasteiger partial charge is 0.415 e. The van der Waals surface area contributed by atoms with E-state index in [0.717, 1.165) is 22.3 Å². The summed E-state index contributed by atoms with van der Waals surface area (Å²) in [5.74, 6) is -0.928. The average molecular weight is 448 g/mol. The van der Waals surface area contributed by atoms with Gasteiger partial charge in [-0.05, 0) is 34.8 Å². The van der Waals surface area contributed by atoms with Gasteiger partial charge in [0.05, 0.1) is 5.56 Å². The predicted molar refractivity (Wildman–Crippen MR) is 120 cm³/mol. The summed E-state index contributed by atoms with van der Waals surface area (Å²) in [6.07, 6.45) is 2.18. The van der Waals surface area contributed by atoms with Crippen molar-refractivity contribution in [1.82, 2.24) is 9.97 Å². The van der Waals surface area contributed by atoms with E-state index < -0.39 is 12.1 Å². The summed E-state index contributed by atoms with van der Waals surface area (Å²) < 4.78 is 5.74. The summed E-state index contributed by atoms with van der Waals surface area (Å²) in [6, 6.07) is 16.2. The molecule has 160 valence electrons. The number of aliphatic carboxylic acids is 1. The monoisotopic (exact) mass is 447 g/mol. The summed E-state index contributed by atoms with van der Waals surface area (Å²) in [5, 5.41) is 9.53. The average Bonchev–Trinajstić information content (AvgIpc) is 2.97. The number of aromatic nitrogens is 2. The van der Waals surface area contributed by atoms with E-state index in [-0.39, 0.29) is 47.6 Å². The highest BCUT2D eigenvalue weighted by Crippen LogP contribution is 2.44. The molecule has 1 aromatic heterocycles. The van der Waals surface area contributed by atoms with Crippen LogP contribution in [0.1, 0.15) is 29.0 Å². The van der Waals surface area contributed by atoms with Crippen LogP contribution in [0.3, 0.4) is 0 Å². The molecular formula is C24H18ClN3O4. The summed E-state index contributed by atoms with van der Waals surface area (Å²) >= 11 is 6.18. The number of carbonyl (C=O) groups excluding carboxylic acids is 1. The second-order valence-electron chi connectivity index (χ2n) is 7.58. The fourth-order valence-corrected chi connectivity index (χ4v) is 4.49. The zero-order valence-corrected chi connectivity index (χ0v) is 17.6. The van der Waals surface area contributed by atoms with Crippen LogP contribution in [0.25, 0.3) is 17.2 Å². The molecule has 1 amide bonds. The van der Waals surface area contributed by atoms with Gasteiger partial charge >= 0.3 is 12.1 Å². The first-order chi connectivity index (χ1) is 15.5. The van der Waals surface area contributed by atoms with Gasteiger partial charge in [0.15, 0.2) is 0 Å². The van der Waals surface area contributed by atoms with E-state index in [1.807, 2.05) is 36.4 Å². The summed E-state index contributed by atoms with van der Waals surface area (Å²) in [5.41, 5.74) is 4.91. The number of rotatable bonds is 3. The number of nitrogens with zero attached hydrogens (tertiary/aromatic N) is 3. The molecular weight excluding hydrogens is 430 g/mol. The van der Waals surface area contributed by atoms with Gasteiger partial charge in [0.25, 0.3) is 0 Å². The molecule has 7 nitrogen and oxygen atoms in total. The van der Waals surface area contributed by atoms with Gasteiger partial charge in [0.2, 0.25) is 0 Å². The molecule has 0 unspecified atom stereocenters. The molecule has 2 aromatic carbocycles. The van der Waals surface area contributed by atoms with E-state index in [1.165, 1.54) is 17.3 Å². The minimum Gasteiger partial charge on any atom is -0.478 e. The maximum atomic E-state index is 13.1. The van der Waals surface area contributed by atoms with E-state index in [9.17, 15) is 14.7 Å². The molecule has 8 heteroatoms. The molecule has 0 saturated heterocycles. The Kier molecular flexibility index (Phi) is 5.11. The zero-order chi connectivity index (χ0) is 22.2. The standard InChI is InChI=1S/C24H18ClN3O4/c25-21-19-11-14(23(29)30)9-10-28(22(19)27-13-26-21)24(31)32-12-20-17-7-3-1-5-15(17)16-6-2-4-8-18(16)20/h1-8,11,13,20H,9-10,12H2,(H,29,30). The van der Waals surface area contributed by atoms with Crippen molar-refractivity contribution in [3.05, 3.63) is 82.3 Å². The number of ether oxygens (including phenoxy) is 1. The molecule has 0 fully saturated rings. The third-order valence-corrected chi connectivity index (χ3v) is 6.13. The lowest BCUT2D eigenvalue weighted by atomic mass is 9.98. The summed E-state index contributed by atoms with van der Waals surface area (Å²) in [6.45, 7) is 0.256. The minimum atomic E-state index is -1.08. The molecule has 5 rings (SSSR count). The van der Waals surface area contributed by atoms with Crippen LogP contribution in [-0.2, 0) is 9.53 Å². The van der Waals surface area contributed by atoms with Crippen molar-refractivity contribution >= 4 is 35.6 Å². The fourth-order valence-electron chi connectivity index (χ4n) is 4.31. The molecule has 0 saturated carbocycles. The molecule has 1 N–H and O–H groups in total. The molecule has 1 aliphatic carbocycles. The van der Waals surface area contributed by atoms with Crippen molar-refractivity contribution < 1.29 is 19.4 Å². The highest BCUT2D eigenvalue weighted by Gasteiger charge is 2.32. The first kappa shape index (κ1) is 20.2. The van der Waals surface area contributed by atoms with E-state index in [1.54, 1.807) is 0 Å². The van der Waals surface area contributed by atoms with Crippen molar-refractivity contribution in [3.8, 4) is 11.1 Å². The highest BCUT2D eigenvalue weighted by molar-refractivity contribution is 6.31. The maximum absolute atomic E-state index is 13.1. The highest BCUT2D eigenvalue weighted by atomic mass is 35.5. The number of carboxylic acid groups (broad SMARTS) is 1. The Morgan fingerprint density at radius 1 is 1.06 bits per heavy atom. The van der Waals surface area contributed by atoms with E-state index in [0.29, 0.717) is 0 Å². The van der Waals surface area contributed by atoms with Crippen LogP contribution >= 0.6 is 11.6 Å². The molecule has 0 radical (unpaired) electrons. The summed E-state index contributed by atoms with van der Waals surface area (Å²) in [7, 11) is 0. The van der Waals surface area contributed by atoms with Crippen molar-refractivity contribution in [3.63, 3.8) is 0 Å². The fraction of sp³-hybridized carbons (Fsp3) is 0.167. The van der Waals surface area contributed by atoms with Gasteiger partial charge in [-0.15, -0.1) is 0 Å². The van der Waals surface area contributed by atoms with E-state index in [2.05, 4.69) is 22.1 Å². The number of amides is 1. The number of hydrogen-bond acceptors (Lipinski definition) is 5. The Morgan fingerprint density at radius 2 is 1.72 bits per heavy atom. The Morgan fingerprint density at radius 3 is 2.38 bits per heavy atom. The lowest BCUT2D eigenvalue weighted by Crippen LogP contribution is -2.34. The molecule has 3 aromatic rings. The van der Waals surface area contributed by atoms with Crippen LogP contribution in [0.2, 0.25) is 5.15 Å². The molecule has 32 heavy (non-hydrogen) atoms. The third kappa shape index (κ3) is 3.40. The quantitative estimate of drug-likeness (QED) is 0.582. The van der Waals surface area contributed by atoms with Crippen molar-refractivity contribution in [1.29, 1.82) is 0 Å². The minimum absolute atomic E-state index is 0.0760. The molecule has 0 bridgehead atoms. The van der Waals surface area contributed by atoms with Crippen LogP contribution in [0, 0.1) is 0 Å². The first-order valence-electron chi connectivity index (χ1n) is 10.1. The van der Waals surface area contributed by atoms with Gasteiger partial charge in [-0.25, -0.2) is 19.6 Å². The van der Waals surface area contributed by atoms with E-state index in [4.69, 9.17) is 16.3 Å². The lowest BCUT2D eigenvalue weighted by molar-refractivity contribution is -0.132. The number of benzene rings is 2. The number of carbonyl (C=O) groups is 2. The third-order valence-electron chi connectivity index (χ3n) is 5.82. The Labute approximate surface area is 188 Å². The van der Waals surface area contributed by atoms with Crippen LogP contribution in [-0.4, -0.2) is 40.3 Å². The second-order valence-corrected chi connectivity index (χ2v) is 7.94. The first-order valence-corrected chi connectivity index (χ1v) is 10.5. The predicted octanol–water partition coefficient (Wildman–Crippen LogP) is 4.76. The van der Waals surface area contributed by atoms with Crippen LogP contribution in [0.4, 0.5) is 10.6 Å². The zero-order valence-electron chi connectivity index (χ0n) is 16.9. The van der Waals surface area contributed by atoms with Crippen LogP contribution < -0.4 is 4.90 Å². The number of anilines is 1. The molecule has 1 aliphatic heterocycles. The summed E-state index contributed by atoms with van der Waals surface area (Å²) in [4.78, 5) is 34.1. The van der Waals surface area contributed by atoms with Gasteiger partial charge in [-0.1, -0.05) is 60.1 Å². The SMILES string of the molecule is O=C(O)C1=Cc2c(Cl)ncnc2N(C(=O)OCC2c3ccccc3-c3ccccc32)CC1. The van der Waals surface area contributed by atoms with Crippen LogP contribution in [0.5, 0.6) is 0 Å². The van der Waals surface area contributed by atoms with Crippen molar-refractivity contribution in [2.75, 3.05) is 18.1 Å². The Bertz CT molecular complexity index is 1230. The Hall–Kier alpha value is -3.71. The van der Waals surface area contributed by atoms with Gasteiger partial charge < -0.3 is 9.84 Å². The molecule has 2 aliphatic rings. The number of halogens is 1. The number of carboxylic acids is 1. The maximum Gasteiger partial charge on any atom is 0.415 e. The molecule has 2 heterocycles. The van der Waals surface area contributed by atoms with Crippen molar-refractivity contribution in [2.45, 2.75) is 12.3 Å². The van der Waals surface area contributed by atoms with E-state index >= 15 is 0 Å². The number of hydrogen-bond donors (Lipinski definition) is 1. The number of fused-ring (bicyclic) bond motifs is 4. The Balaban J connectivity index is 1.41.